The second-order valence-corrected chi connectivity index (χ2v) is 4.49. The van der Waals surface area contributed by atoms with Crippen molar-refractivity contribution in [2.75, 3.05) is 13.7 Å². The van der Waals surface area contributed by atoms with Gasteiger partial charge in [0.2, 0.25) is 0 Å². The van der Waals surface area contributed by atoms with Gasteiger partial charge < -0.3 is 10.5 Å². The third-order valence-corrected chi connectivity index (χ3v) is 2.77. The molecule has 1 aromatic rings. The summed E-state index contributed by atoms with van der Waals surface area (Å²) in [4.78, 5) is 0. The van der Waals surface area contributed by atoms with Crippen LogP contribution in [-0.2, 0) is 10.9 Å². The number of rotatable bonds is 5. The van der Waals surface area contributed by atoms with Gasteiger partial charge in [0, 0.05) is 19.8 Å². The van der Waals surface area contributed by atoms with E-state index in [1.54, 1.807) is 13.2 Å². The van der Waals surface area contributed by atoms with Crippen molar-refractivity contribution < 1.29 is 17.9 Å². The minimum Gasteiger partial charge on any atom is -0.384 e. The Morgan fingerprint density at radius 3 is 2.44 bits per heavy atom. The van der Waals surface area contributed by atoms with E-state index < -0.39 is 17.8 Å². The molecule has 2 nitrogen and oxygen atoms in total. The zero-order valence-corrected chi connectivity index (χ0v) is 10.5. The molecule has 0 saturated carbocycles. The molecule has 0 heterocycles. The van der Waals surface area contributed by atoms with E-state index in [4.69, 9.17) is 10.5 Å². The Hall–Kier alpha value is -1.07. The maximum atomic E-state index is 12.8. The van der Waals surface area contributed by atoms with Gasteiger partial charge in [-0.2, -0.15) is 13.2 Å². The van der Waals surface area contributed by atoms with Crippen molar-refractivity contribution >= 4 is 0 Å². The molecule has 102 valence electrons. The van der Waals surface area contributed by atoms with Gasteiger partial charge in [-0.1, -0.05) is 25.1 Å². The monoisotopic (exact) mass is 261 g/mol. The maximum absolute atomic E-state index is 12.8. The molecule has 0 aliphatic heterocycles. The molecule has 0 radical (unpaired) electrons. The van der Waals surface area contributed by atoms with E-state index in [0.29, 0.717) is 13.0 Å². The highest BCUT2D eigenvalue weighted by atomic mass is 19.4. The van der Waals surface area contributed by atoms with E-state index >= 15 is 0 Å². The molecule has 2 N–H and O–H groups in total. The predicted molar refractivity (Wildman–Crippen MR) is 64.0 cm³/mol. The lowest BCUT2D eigenvalue weighted by Crippen LogP contribution is -2.20. The van der Waals surface area contributed by atoms with Crippen LogP contribution in [-0.4, -0.2) is 13.7 Å². The highest BCUT2D eigenvalue weighted by molar-refractivity contribution is 5.32. The molecule has 0 spiro atoms. The SMILES string of the molecule is COCC(C)CC(N)c1ccccc1C(F)(F)F. The standard InChI is InChI=1S/C13H18F3NO/c1-9(8-18-2)7-12(17)10-5-3-4-6-11(10)13(14,15)16/h3-6,9,12H,7-8,17H2,1-2H3. The van der Waals surface area contributed by atoms with Gasteiger partial charge in [0.15, 0.2) is 0 Å². The van der Waals surface area contributed by atoms with Crippen molar-refractivity contribution in [2.24, 2.45) is 11.7 Å². The van der Waals surface area contributed by atoms with Gasteiger partial charge in [-0.3, -0.25) is 0 Å². The second kappa shape index (κ2) is 6.20. The third kappa shape index (κ3) is 3.99. The van der Waals surface area contributed by atoms with Gasteiger partial charge in [0.25, 0.3) is 0 Å². The Morgan fingerprint density at radius 2 is 1.89 bits per heavy atom. The van der Waals surface area contributed by atoms with Gasteiger partial charge in [0.1, 0.15) is 0 Å². The van der Waals surface area contributed by atoms with Crippen molar-refractivity contribution in [3.8, 4) is 0 Å². The Balaban J connectivity index is 2.89. The molecule has 0 fully saturated rings. The number of nitrogens with two attached hydrogens (primary N) is 1. The molecule has 0 amide bonds. The average molecular weight is 261 g/mol. The van der Waals surface area contributed by atoms with Crippen molar-refractivity contribution in [3.63, 3.8) is 0 Å². The second-order valence-electron chi connectivity index (χ2n) is 4.49. The topological polar surface area (TPSA) is 35.2 Å². The Kier molecular flexibility index (Phi) is 5.16. The van der Waals surface area contributed by atoms with Crippen LogP contribution in [0, 0.1) is 5.92 Å². The third-order valence-electron chi connectivity index (χ3n) is 2.77. The molecule has 1 aromatic carbocycles. The van der Waals surface area contributed by atoms with Crippen molar-refractivity contribution in [1.29, 1.82) is 0 Å². The Morgan fingerprint density at radius 1 is 1.28 bits per heavy atom. The van der Waals surface area contributed by atoms with Gasteiger partial charge in [-0.25, -0.2) is 0 Å². The van der Waals surface area contributed by atoms with Crippen LogP contribution in [0.4, 0.5) is 13.2 Å². The largest absolute Gasteiger partial charge is 0.416 e. The van der Waals surface area contributed by atoms with E-state index in [2.05, 4.69) is 0 Å². The Bertz CT molecular complexity index is 379. The van der Waals surface area contributed by atoms with Crippen LogP contribution in [0.15, 0.2) is 24.3 Å². The molecule has 2 unspecified atom stereocenters. The van der Waals surface area contributed by atoms with Crippen molar-refractivity contribution in [2.45, 2.75) is 25.6 Å². The molecule has 1 rings (SSSR count). The highest BCUT2D eigenvalue weighted by Gasteiger charge is 2.34. The highest BCUT2D eigenvalue weighted by Crippen LogP contribution is 2.35. The van der Waals surface area contributed by atoms with E-state index in [0.717, 1.165) is 6.07 Å². The first-order valence-electron chi connectivity index (χ1n) is 5.77. The number of hydrogen-bond donors (Lipinski definition) is 1. The lowest BCUT2D eigenvalue weighted by Gasteiger charge is -2.20. The summed E-state index contributed by atoms with van der Waals surface area (Å²) in [6, 6.07) is 4.82. The Labute approximate surface area is 105 Å². The van der Waals surface area contributed by atoms with Gasteiger partial charge in [-0.05, 0) is 24.0 Å². The number of benzene rings is 1. The molecule has 2 atom stereocenters. The van der Waals surface area contributed by atoms with E-state index in [-0.39, 0.29) is 11.5 Å². The molecule has 18 heavy (non-hydrogen) atoms. The molecule has 0 aliphatic rings. The molecule has 0 aliphatic carbocycles. The van der Waals surface area contributed by atoms with Crippen LogP contribution >= 0.6 is 0 Å². The number of halogens is 3. The first kappa shape index (κ1) is 15.0. The van der Waals surface area contributed by atoms with E-state index in [1.807, 2.05) is 6.92 Å². The van der Waals surface area contributed by atoms with Crippen LogP contribution in [0.2, 0.25) is 0 Å². The van der Waals surface area contributed by atoms with E-state index in [9.17, 15) is 13.2 Å². The smallest absolute Gasteiger partial charge is 0.384 e. The summed E-state index contributed by atoms with van der Waals surface area (Å²) < 4.78 is 43.4. The minimum atomic E-state index is -4.36. The van der Waals surface area contributed by atoms with Crippen LogP contribution in [0.1, 0.15) is 30.5 Å². The number of methoxy groups -OCH3 is 1. The maximum Gasteiger partial charge on any atom is 0.416 e. The number of ether oxygens (including phenoxy) is 1. The molecule has 5 heteroatoms. The fraction of sp³-hybridized carbons (Fsp3) is 0.538. The predicted octanol–water partition coefficient (Wildman–Crippen LogP) is 3.38. The van der Waals surface area contributed by atoms with Crippen molar-refractivity contribution in [1.82, 2.24) is 0 Å². The number of alkyl halides is 3. The summed E-state index contributed by atoms with van der Waals surface area (Å²) in [5.74, 6) is 0.117. The molecule has 0 saturated heterocycles. The van der Waals surface area contributed by atoms with Gasteiger partial charge >= 0.3 is 6.18 Å². The van der Waals surface area contributed by atoms with Crippen LogP contribution < -0.4 is 5.73 Å². The lowest BCUT2D eigenvalue weighted by molar-refractivity contribution is -0.138. The molecule has 0 aromatic heterocycles. The summed E-state index contributed by atoms with van der Waals surface area (Å²) in [7, 11) is 1.56. The fourth-order valence-electron chi connectivity index (χ4n) is 1.99. The molecule has 0 bridgehead atoms. The van der Waals surface area contributed by atoms with E-state index in [1.165, 1.54) is 12.1 Å². The lowest BCUT2D eigenvalue weighted by atomic mass is 9.93. The zero-order valence-electron chi connectivity index (χ0n) is 10.5. The normalized spacial score (nSPS) is 15.4. The van der Waals surface area contributed by atoms with Gasteiger partial charge in [-0.15, -0.1) is 0 Å². The first-order chi connectivity index (χ1) is 8.36. The van der Waals surface area contributed by atoms with Crippen LogP contribution in [0.5, 0.6) is 0 Å². The summed E-state index contributed by atoms with van der Waals surface area (Å²) in [6.07, 6.45) is -3.90. The minimum absolute atomic E-state index is 0.117. The first-order valence-corrected chi connectivity index (χ1v) is 5.77. The average Bonchev–Trinajstić information content (AvgIpc) is 2.28. The van der Waals surface area contributed by atoms with Crippen LogP contribution in [0.3, 0.4) is 0 Å². The van der Waals surface area contributed by atoms with Gasteiger partial charge in [0.05, 0.1) is 5.56 Å². The summed E-state index contributed by atoms with van der Waals surface area (Å²) in [5.41, 5.74) is 5.36. The molecular formula is C13H18F3NO. The van der Waals surface area contributed by atoms with Crippen molar-refractivity contribution in [3.05, 3.63) is 35.4 Å². The quantitative estimate of drug-likeness (QED) is 0.881. The van der Waals surface area contributed by atoms with Crippen LogP contribution in [0.25, 0.3) is 0 Å². The zero-order chi connectivity index (χ0) is 13.8. The summed E-state index contributed by atoms with van der Waals surface area (Å²) >= 11 is 0. The fourth-order valence-corrected chi connectivity index (χ4v) is 1.99. The summed E-state index contributed by atoms with van der Waals surface area (Å²) in [6.45, 7) is 2.39. The number of hydrogen-bond acceptors (Lipinski definition) is 2. The molecular weight excluding hydrogens is 243 g/mol. The summed E-state index contributed by atoms with van der Waals surface area (Å²) in [5, 5.41) is 0.